The van der Waals surface area contributed by atoms with Gasteiger partial charge in [-0.2, -0.15) is 0 Å². The van der Waals surface area contributed by atoms with E-state index in [-0.39, 0.29) is 101 Å². The molecule has 0 radical (unpaired) electrons. The number of carbonyl (C=O) groups is 14. The number of hydrogen-bond acceptors (Lipinski definition) is 15. The first-order chi connectivity index (χ1) is 47.6. The van der Waals surface area contributed by atoms with Gasteiger partial charge in [0.15, 0.2) is 0 Å². The van der Waals surface area contributed by atoms with Crippen LogP contribution >= 0.6 is 0 Å². The number of nitrogens with one attached hydrogen (secondary N) is 7. The van der Waals surface area contributed by atoms with Gasteiger partial charge in [-0.3, -0.25) is 67.1 Å². The van der Waals surface area contributed by atoms with Crippen LogP contribution in [0.25, 0.3) is 0 Å². The summed E-state index contributed by atoms with van der Waals surface area (Å²) in [6.45, 7) is 59.8. The summed E-state index contributed by atoms with van der Waals surface area (Å²) < 4.78 is 5.43. The van der Waals surface area contributed by atoms with Gasteiger partial charge in [0.2, 0.25) is 41.4 Å². The van der Waals surface area contributed by atoms with E-state index >= 15 is 0 Å². The van der Waals surface area contributed by atoms with Crippen LogP contribution in [0.3, 0.4) is 0 Å². The molecule has 0 aliphatic carbocycles. The molecule has 28 heteroatoms. The van der Waals surface area contributed by atoms with Gasteiger partial charge in [0.25, 0.3) is 0 Å². The first-order valence-electron chi connectivity index (χ1n) is 35.2. The van der Waals surface area contributed by atoms with Crippen molar-refractivity contribution in [3.05, 3.63) is 63.3 Å². The van der Waals surface area contributed by atoms with Crippen LogP contribution in [0.5, 0.6) is 0 Å². The highest BCUT2D eigenvalue weighted by Crippen LogP contribution is 2.26. The largest absolute Gasteiger partial charge is 0.481 e. The van der Waals surface area contributed by atoms with Gasteiger partial charge >= 0.3 is 35.8 Å². The number of rotatable bonds is 39. The van der Waals surface area contributed by atoms with Gasteiger partial charge in [-0.1, -0.05) is 158 Å². The minimum atomic E-state index is -0.903. The molecule has 0 aromatic carbocycles. The highest BCUT2D eigenvalue weighted by Gasteiger charge is 2.33. The summed E-state index contributed by atoms with van der Waals surface area (Å²) in [5.74, 6) is -6.55. The lowest BCUT2D eigenvalue weighted by molar-refractivity contribution is -0.148. The normalized spacial score (nSPS) is 12.8. The van der Waals surface area contributed by atoms with E-state index in [0.29, 0.717) is 58.3 Å². The fourth-order valence-corrected chi connectivity index (χ4v) is 5.14. The number of aliphatic carboxylic acids is 6. The molecule has 0 fully saturated rings. The van der Waals surface area contributed by atoms with Gasteiger partial charge in [0.05, 0.1) is 46.5 Å². The summed E-state index contributed by atoms with van der Waals surface area (Å²) in [6, 6.07) is 0.260. The number of carboxylic acid groups (broad SMARTS) is 6. The molecule has 103 heavy (non-hydrogen) atoms. The maximum absolute atomic E-state index is 11.9. The summed E-state index contributed by atoms with van der Waals surface area (Å²) in [6.07, 6.45) is 14.9. The lowest BCUT2D eigenvalue weighted by Crippen LogP contribution is -2.42. The van der Waals surface area contributed by atoms with E-state index in [1.165, 1.54) is 31.2 Å². The molecule has 0 aliphatic rings. The summed E-state index contributed by atoms with van der Waals surface area (Å²) in [4.78, 5) is 149. The lowest BCUT2D eigenvalue weighted by Gasteiger charge is -2.25. The molecule has 0 aliphatic heterocycles. The van der Waals surface area contributed by atoms with Crippen LogP contribution in [0.4, 0.5) is 0 Å². The van der Waals surface area contributed by atoms with E-state index < -0.39 is 46.6 Å². The van der Waals surface area contributed by atoms with Crippen LogP contribution in [-0.2, 0) is 71.9 Å². The van der Waals surface area contributed by atoms with E-state index in [0.717, 1.165) is 63.9 Å². The third kappa shape index (κ3) is 79.0. The third-order valence-electron chi connectivity index (χ3n) is 15.5. The van der Waals surface area contributed by atoms with Crippen molar-refractivity contribution in [2.24, 2.45) is 45.8 Å². The topological polar surface area (TPSA) is 454 Å². The predicted octanol–water partition coefficient (Wildman–Crippen LogP) is 10.6. The zero-order valence-electron chi connectivity index (χ0n) is 66.7. The fraction of sp³-hybridized carbons (Fsp3) is 0.680. The van der Waals surface area contributed by atoms with Crippen LogP contribution in [0, 0.1) is 45.8 Å². The number of carbonyl (C=O) groups excluding carboxylic acids is 8. The van der Waals surface area contributed by atoms with E-state index in [1.54, 1.807) is 55.4 Å². The third-order valence-corrected chi connectivity index (χ3v) is 15.5. The second kappa shape index (κ2) is 73.2. The minimum absolute atomic E-state index is 0.00513. The van der Waals surface area contributed by atoms with E-state index in [4.69, 9.17) is 35.4 Å². The van der Waals surface area contributed by atoms with Gasteiger partial charge < -0.3 is 72.6 Å². The van der Waals surface area contributed by atoms with Crippen molar-refractivity contribution in [1.82, 2.24) is 37.2 Å². The van der Waals surface area contributed by atoms with Gasteiger partial charge in [0.1, 0.15) is 5.78 Å². The molecule has 0 saturated heterocycles. The van der Waals surface area contributed by atoms with Crippen LogP contribution in [-0.4, -0.2) is 172 Å². The van der Waals surface area contributed by atoms with Crippen molar-refractivity contribution < 1.29 is 102 Å². The van der Waals surface area contributed by atoms with Crippen molar-refractivity contribution in [3.8, 4) is 0 Å². The molecule has 0 rings (SSSR count). The van der Waals surface area contributed by atoms with Crippen molar-refractivity contribution >= 4 is 82.9 Å². The van der Waals surface area contributed by atoms with E-state index in [1.807, 2.05) is 83.1 Å². The number of amides is 7. The Balaban J connectivity index is -0.000000119. The highest BCUT2D eigenvalue weighted by atomic mass is 16.5. The second-order valence-electron chi connectivity index (χ2n) is 24.9. The summed E-state index contributed by atoms with van der Waals surface area (Å²) in [5, 5.41) is 68.3. The number of carboxylic acids is 6. The number of hydrogen-bond donors (Lipinski definition) is 13. The zero-order valence-corrected chi connectivity index (χ0v) is 66.7. The molecule has 0 bridgehead atoms. The smallest absolute Gasteiger partial charge is 0.311 e. The average molecular weight is 1470 g/mol. The van der Waals surface area contributed by atoms with Crippen molar-refractivity contribution in [2.45, 2.75) is 242 Å². The van der Waals surface area contributed by atoms with Gasteiger partial charge in [-0.15, -0.1) is 0 Å². The molecular formula is C75H139N7O21. The molecule has 0 saturated carbocycles. The maximum atomic E-state index is 11.9. The van der Waals surface area contributed by atoms with Gasteiger partial charge in [-0.05, 0) is 129 Å². The molecule has 7 amide bonds. The monoisotopic (exact) mass is 1470 g/mol. The van der Waals surface area contributed by atoms with E-state index in [9.17, 15) is 67.1 Å². The second-order valence-corrected chi connectivity index (χ2v) is 24.9. The molecule has 600 valence electrons. The fourth-order valence-electron chi connectivity index (χ4n) is 5.14. The molecule has 9 unspecified atom stereocenters. The number of ketones is 1. The zero-order chi connectivity index (χ0) is 83.3. The SMILES string of the molecule is C=CC(=O)NC(C)CC.C=CC(=O)NCC(C)(CC)C(=O)O.C=CC(=O)NCCCOC(C)CC.C=CC(=O)NCCNC(=O)C(C)(C)CC.C=CC(=O)NCCNC(=O)C(C)(CC)CC(C)=O.CCC(C)C(=O)O.CCC(C)C(=O)O.CCC(C)C(=O)O.CCC(C)C(=O)O.CCC(C)C(=O)O. The predicted molar refractivity (Wildman–Crippen MR) is 407 cm³/mol. The Kier molecular flexibility index (Phi) is 82.2. The minimum Gasteiger partial charge on any atom is -0.481 e. The highest BCUT2D eigenvalue weighted by molar-refractivity contribution is 5.90. The Labute approximate surface area is 616 Å². The quantitative estimate of drug-likeness (QED) is 0.0201. The molecular weight excluding hydrogens is 1330 g/mol. The maximum Gasteiger partial charge on any atom is 0.311 e. The summed E-state index contributed by atoms with van der Waals surface area (Å²) >= 11 is 0. The Bertz CT molecular complexity index is 2350. The molecule has 9 atom stereocenters. The molecule has 28 nitrogen and oxygen atoms in total. The van der Waals surface area contributed by atoms with Crippen LogP contribution in [0.15, 0.2) is 63.3 Å². The number of ether oxygens (including phenoxy) is 1. The first kappa shape index (κ1) is 116. The van der Waals surface area contributed by atoms with Crippen molar-refractivity contribution in [2.75, 3.05) is 45.9 Å². The van der Waals surface area contributed by atoms with Crippen LogP contribution in [0.1, 0.15) is 229 Å². The summed E-state index contributed by atoms with van der Waals surface area (Å²) in [7, 11) is 0. The van der Waals surface area contributed by atoms with Crippen LogP contribution in [0.2, 0.25) is 0 Å². The molecule has 13 N–H and O–H groups in total. The lowest BCUT2D eigenvalue weighted by atomic mass is 9.81. The molecule has 0 spiro atoms. The van der Waals surface area contributed by atoms with Crippen molar-refractivity contribution in [1.29, 1.82) is 0 Å². The van der Waals surface area contributed by atoms with Crippen molar-refractivity contribution in [3.63, 3.8) is 0 Å². The Morgan fingerprint density at radius 2 is 0.670 bits per heavy atom. The Morgan fingerprint density at radius 3 is 0.903 bits per heavy atom. The van der Waals surface area contributed by atoms with E-state index in [2.05, 4.69) is 77.0 Å². The molecule has 0 aromatic rings. The first-order valence-corrected chi connectivity index (χ1v) is 35.2. The number of Topliss-reactive ketones (excluding diaryl/α,β-unsaturated/α-hetero) is 1. The molecule has 0 heterocycles. The Morgan fingerprint density at radius 1 is 0.379 bits per heavy atom. The average Bonchev–Trinajstić information content (AvgIpc) is 0.872. The van der Waals surface area contributed by atoms with Gasteiger partial charge in [0, 0.05) is 63.8 Å². The Hall–Kier alpha value is -8.56. The van der Waals surface area contributed by atoms with Crippen LogP contribution < -0.4 is 37.2 Å². The molecule has 0 aromatic heterocycles. The summed E-state index contributed by atoms with van der Waals surface area (Å²) in [5.41, 5.74) is -1.91. The standard InChI is InChI=1S/C13H22N2O3.C11H20N2O2.C10H19NO2.C9H15NO3.C7H13NO.5C5H10O2/c1-5-11(17)14-7-8-15-12(18)13(4,6-2)9-10(3)16;1-5-9(14)12-7-8-13-10(15)11(3,4)6-2;1-4-9(3)13-8-6-7-11-10(12)5-2;1-4-7(11)10-6-9(3,5-2)8(12)13;1-4-6(3)8-7(9)5-2;5*1-3-4(2)5(6)7/h5H,1,6-9H2,2-4H3,(H,14,17)(H,15,18);5H,1,6-8H2,2-4H3,(H,12,14)(H,13,15);5,9H,2,4,6-8H2,1,3H3,(H,11,12);4H,1,5-6H2,2-3H3,(H,10,11)(H,12,13);5-6H,2,4H2,1,3H3,(H,8,9);5*4H,3H2,1-2H3,(H,6,7). The van der Waals surface area contributed by atoms with Gasteiger partial charge in [-0.25, -0.2) is 0 Å².